The molecule has 0 amide bonds. The Morgan fingerprint density at radius 2 is 1.68 bits per heavy atom. The fourth-order valence-electron chi connectivity index (χ4n) is 3.50. The molecular weight excluding hydrogens is 539 g/mol. The fraction of sp³-hybridized carbons (Fsp3) is 0.577. The molecule has 2 aliphatic heterocycles. The summed E-state index contributed by atoms with van der Waals surface area (Å²) in [6.45, 7) is 11.8. The van der Waals surface area contributed by atoms with Crippen LogP contribution in [-0.4, -0.2) is 92.6 Å². The van der Waals surface area contributed by atoms with E-state index in [0.29, 0.717) is 6.61 Å². The fourth-order valence-corrected chi connectivity index (χ4v) is 5.34. The van der Waals surface area contributed by atoms with Gasteiger partial charge in [0, 0.05) is 51.9 Å². The summed E-state index contributed by atoms with van der Waals surface area (Å²) in [4.78, 5) is 14.2. The lowest BCUT2D eigenvalue weighted by molar-refractivity contribution is -0.258. The summed E-state index contributed by atoms with van der Waals surface area (Å²) in [5.74, 6) is -0.211. The Morgan fingerprint density at radius 3 is 2.08 bits per heavy atom. The van der Waals surface area contributed by atoms with Crippen molar-refractivity contribution in [3.63, 3.8) is 0 Å². The van der Waals surface area contributed by atoms with Gasteiger partial charge in [0.25, 0.3) is 0 Å². The number of thiophene rings is 1. The molecule has 38 heavy (non-hydrogen) atoms. The number of nitrogens with zero attached hydrogens (tertiary/aromatic N) is 3. The molecule has 2 saturated heterocycles. The summed E-state index contributed by atoms with van der Waals surface area (Å²) in [5.41, 5.74) is -2.10. The van der Waals surface area contributed by atoms with Crippen molar-refractivity contribution in [3.05, 3.63) is 47.3 Å². The van der Waals surface area contributed by atoms with Gasteiger partial charge in [0.1, 0.15) is 0 Å². The van der Waals surface area contributed by atoms with E-state index in [1.54, 1.807) is 42.3 Å². The molecule has 7 nitrogen and oxygen atoms in total. The minimum absolute atomic E-state index is 0.143. The second-order valence-corrected chi connectivity index (χ2v) is 11.2. The molecule has 3 heterocycles. The molecule has 0 aliphatic carbocycles. The van der Waals surface area contributed by atoms with Crippen LogP contribution in [-0.2, 0) is 19.9 Å². The standard InChI is InChI=1S/C17H19F3N2OS2.C5H11NO.C4H8O2/c1-16(23,17(18,19)20)13-4-6-14(7-5-13)21-8-10-22(11-9-21)25-15-3-2-12-24-15;1-6-2-4-7-5-3-6;1-3-6-4(2)5/h2-7,12,23H,8-11H2,1H3;2-5H2,1H3;3H2,1-2H3. The lowest BCUT2D eigenvalue weighted by Gasteiger charge is -2.35. The molecule has 2 aliphatic rings. The van der Waals surface area contributed by atoms with Crippen LogP contribution in [0.3, 0.4) is 0 Å². The van der Waals surface area contributed by atoms with Crippen LogP contribution in [0, 0.1) is 0 Å². The van der Waals surface area contributed by atoms with E-state index in [0.717, 1.165) is 65.1 Å². The average molecular weight is 578 g/mol. The quantitative estimate of drug-likeness (QED) is 0.399. The molecule has 0 saturated carbocycles. The molecule has 4 rings (SSSR count). The van der Waals surface area contributed by atoms with Gasteiger partial charge in [-0.2, -0.15) is 13.2 Å². The third kappa shape index (κ3) is 10.7. The number of carbonyl (C=O) groups excluding carboxylic acids is 1. The van der Waals surface area contributed by atoms with Gasteiger partial charge in [-0.15, -0.1) is 11.3 Å². The van der Waals surface area contributed by atoms with Crippen LogP contribution in [0.5, 0.6) is 0 Å². The van der Waals surface area contributed by atoms with E-state index in [1.807, 2.05) is 6.07 Å². The van der Waals surface area contributed by atoms with Crippen LogP contribution in [0.25, 0.3) is 0 Å². The molecule has 1 aromatic carbocycles. The number of piperazine rings is 1. The van der Waals surface area contributed by atoms with Crippen LogP contribution in [0.15, 0.2) is 46.0 Å². The predicted octanol–water partition coefficient (Wildman–Crippen LogP) is 4.87. The zero-order chi connectivity index (χ0) is 28.2. The van der Waals surface area contributed by atoms with Gasteiger partial charge in [-0.1, -0.05) is 18.2 Å². The number of rotatable bonds is 5. The maximum absolute atomic E-state index is 12.9. The second kappa shape index (κ2) is 15.7. The number of morpholine rings is 1. The number of likely N-dealkylation sites (N-methyl/N-ethyl adjacent to an activating group) is 1. The van der Waals surface area contributed by atoms with Crippen LogP contribution in [0.1, 0.15) is 26.3 Å². The van der Waals surface area contributed by atoms with Crippen molar-refractivity contribution in [1.82, 2.24) is 9.21 Å². The van der Waals surface area contributed by atoms with E-state index in [2.05, 4.69) is 37.3 Å². The molecule has 1 N–H and O–H groups in total. The third-order valence-corrected chi connectivity index (χ3v) is 7.99. The first-order valence-electron chi connectivity index (χ1n) is 12.4. The summed E-state index contributed by atoms with van der Waals surface area (Å²) in [5, 5.41) is 11.8. The van der Waals surface area contributed by atoms with E-state index >= 15 is 0 Å². The summed E-state index contributed by atoms with van der Waals surface area (Å²) in [6, 6.07) is 10.1. The highest BCUT2D eigenvalue weighted by molar-refractivity contribution is 7.98. The number of halogens is 3. The Kier molecular flexibility index (Phi) is 13.4. The number of ether oxygens (including phenoxy) is 2. The monoisotopic (exact) mass is 577 g/mol. The topological polar surface area (TPSA) is 65.5 Å². The van der Waals surface area contributed by atoms with E-state index < -0.39 is 11.8 Å². The highest BCUT2D eigenvalue weighted by Gasteiger charge is 2.51. The first kappa shape index (κ1) is 32.4. The molecular formula is C26H38F3N3O4S2. The number of benzene rings is 1. The number of hydrogen-bond donors (Lipinski definition) is 1. The molecule has 0 spiro atoms. The van der Waals surface area contributed by atoms with Crippen molar-refractivity contribution in [1.29, 1.82) is 0 Å². The maximum Gasteiger partial charge on any atom is 0.421 e. The first-order chi connectivity index (χ1) is 17.9. The summed E-state index contributed by atoms with van der Waals surface area (Å²) in [6.07, 6.45) is -4.70. The largest absolute Gasteiger partial charge is 0.466 e. The minimum Gasteiger partial charge on any atom is -0.466 e. The minimum atomic E-state index is -4.70. The van der Waals surface area contributed by atoms with Crippen molar-refractivity contribution >= 4 is 34.9 Å². The van der Waals surface area contributed by atoms with E-state index in [4.69, 9.17) is 4.74 Å². The SMILES string of the molecule is CC(O)(c1ccc(N2CCN(Sc3cccs3)CC2)cc1)C(F)(F)F.CCOC(C)=O.CN1CCOCC1. The molecule has 0 bridgehead atoms. The van der Waals surface area contributed by atoms with Gasteiger partial charge in [-0.05, 0) is 62.0 Å². The number of carbonyl (C=O) groups is 1. The van der Waals surface area contributed by atoms with Crippen molar-refractivity contribution in [2.75, 3.05) is 71.0 Å². The van der Waals surface area contributed by atoms with Crippen molar-refractivity contribution < 1.29 is 32.5 Å². The van der Waals surface area contributed by atoms with Crippen molar-refractivity contribution in [2.24, 2.45) is 0 Å². The number of alkyl halides is 3. The molecule has 12 heteroatoms. The summed E-state index contributed by atoms with van der Waals surface area (Å²) >= 11 is 3.46. The molecule has 1 aromatic heterocycles. The summed E-state index contributed by atoms with van der Waals surface area (Å²) < 4.78 is 51.8. The van der Waals surface area contributed by atoms with Crippen LogP contribution >= 0.6 is 23.3 Å². The van der Waals surface area contributed by atoms with Crippen molar-refractivity contribution in [2.45, 2.75) is 36.8 Å². The van der Waals surface area contributed by atoms with Crippen molar-refractivity contribution in [3.8, 4) is 0 Å². The van der Waals surface area contributed by atoms with Gasteiger partial charge < -0.3 is 24.4 Å². The lowest BCUT2D eigenvalue weighted by Crippen LogP contribution is -2.43. The van der Waals surface area contributed by atoms with Crippen LogP contribution < -0.4 is 4.90 Å². The Bertz CT molecular complexity index is 930. The predicted molar refractivity (Wildman–Crippen MR) is 147 cm³/mol. The van der Waals surface area contributed by atoms with Crippen LogP contribution in [0.4, 0.5) is 18.9 Å². The molecule has 1 atom stereocenters. The molecule has 214 valence electrons. The van der Waals surface area contributed by atoms with Gasteiger partial charge in [0.2, 0.25) is 0 Å². The van der Waals surface area contributed by atoms with Gasteiger partial charge in [-0.3, -0.25) is 4.79 Å². The maximum atomic E-state index is 12.9. The normalized spacial score (nSPS) is 18.4. The number of anilines is 1. The third-order valence-electron chi connectivity index (χ3n) is 5.88. The number of hydrogen-bond acceptors (Lipinski definition) is 9. The summed E-state index contributed by atoms with van der Waals surface area (Å²) in [7, 11) is 2.11. The highest BCUT2D eigenvalue weighted by atomic mass is 32.2. The zero-order valence-electron chi connectivity index (χ0n) is 22.4. The van der Waals surface area contributed by atoms with Gasteiger partial charge in [0.05, 0.1) is 24.0 Å². The molecule has 2 fully saturated rings. The Morgan fingerprint density at radius 1 is 1.08 bits per heavy atom. The van der Waals surface area contributed by atoms with Gasteiger partial charge >= 0.3 is 12.1 Å². The van der Waals surface area contributed by atoms with Gasteiger partial charge in [-0.25, -0.2) is 4.31 Å². The van der Waals surface area contributed by atoms with Gasteiger partial charge in [0.15, 0.2) is 5.60 Å². The Labute approximate surface area is 231 Å². The lowest BCUT2D eigenvalue weighted by atomic mass is 9.95. The van der Waals surface area contributed by atoms with E-state index in [-0.39, 0.29) is 11.5 Å². The molecule has 1 unspecified atom stereocenters. The first-order valence-corrected chi connectivity index (χ1v) is 14.1. The molecule has 0 radical (unpaired) electrons. The Hall–Kier alpha value is -1.83. The average Bonchev–Trinajstić information content (AvgIpc) is 3.38. The number of aliphatic hydroxyl groups is 1. The highest BCUT2D eigenvalue weighted by Crippen LogP contribution is 2.39. The van der Waals surface area contributed by atoms with E-state index in [1.165, 1.54) is 23.3 Å². The van der Waals surface area contributed by atoms with Crippen LogP contribution in [0.2, 0.25) is 0 Å². The second-order valence-electron chi connectivity index (χ2n) is 8.90. The smallest absolute Gasteiger partial charge is 0.421 e. The Balaban J connectivity index is 0.000000320. The zero-order valence-corrected chi connectivity index (χ0v) is 24.0. The number of esters is 1. The van der Waals surface area contributed by atoms with E-state index in [9.17, 15) is 23.1 Å². The molecule has 2 aromatic rings.